The largest absolute Gasteiger partial charge is 0.480 e. The van der Waals surface area contributed by atoms with E-state index in [9.17, 15) is 19.5 Å². The molecule has 4 N–H and O–H groups in total. The first-order chi connectivity index (χ1) is 20.2. The molecule has 0 bridgehead atoms. The van der Waals surface area contributed by atoms with Crippen LogP contribution in [0.2, 0.25) is 0 Å². The van der Waals surface area contributed by atoms with Crippen molar-refractivity contribution in [3.05, 3.63) is 113 Å². The summed E-state index contributed by atoms with van der Waals surface area (Å²) in [5, 5.41) is 20.7. The van der Waals surface area contributed by atoms with Crippen LogP contribution >= 0.6 is 0 Å². The van der Waals surface area contributed by atoms with Crippen molar-refractivity contribution in [3.8, 4) is 11.1 Å². The van der Waals surface area contributed by atoms with Gasteiger partial charge in [0.2, 0.25) is 5.91 Å². The fraction of sp³-hybridized carbons (Fsp3) is 0.212. The lowest BCUT2D eigenvalue weighted by Crippen LogP contribution is -2.53. The number of para-hydroxylation sites is 1. The molecule has 214 valence electrons. The number of nitrogens with zero attached hydrogens (tertiary/aromatic N) is 2. The van der Waals surface area contributed by atoms with Gasteiger partial charge in [-0.3, -0.25) is 14.3 Å². The van der Waals surface area contributed by atoms with Gasteiger partial charge in [-0.2, -0.15) is 5.10 Å². The minimum absolute atomic E-state index is 0.0859. The van der Waals surface area contributed by atoms with E-state index < -0.39 is 29.9 Å². The molecule has 5 aromatic rings. The van der Waals surface area contributed by atoms with Gasteiger partial charge in [-0.25, -0.2) is 4.79 Å². The fourth-order valence-electron chi connectivity index (χ4n) is 5.19. The third-order valence-corrected chi connectivity index (χ3v) is 7.25. The van der Waals surface area contributed by atoms with Crippen molar-refractivity contribution in [2.75, 3.05) is 0 Å². The second-order valence-electron chi connectivity index (χ2n) is 10.7. The smallest absolute Gasteiger partial charge is 0.326 e. The number of carboxylic acids is 1. The number of hydrogen-bond donors (Lipinski definition) is 4. The standard InChI is InChI=1S/C33H33N5O4/c1-20-12-21(2)14-24(13-20)31(39)36-29(15-22-8-10-23(11-9-22)26-18-35-38(3)19-26)32(40)37-30(33(41)42)16-25-17-34-28-7-5-4-6-27(25)28/h4-14,17-19,29-30,34H,15-16H2,1-3H3,(H,36,39)(H,37,40)(H,41,42)/t29-,30+/m1/s1. The number of H-pyrrole nitrogens is 1. The van der Waals surface area contributed by atoms with Crippen molar-refractivity contribution in [1.29, 1.82) is 0 Å². The average Bonchev–Trinajstić information content (AvgIpc) is 3.58. The molecule has 0 spiro atoms. The summed E-state index contributed by atoms with van der Waals surface area (Å²) < 4.78 is 1.72. The monoisotopic (exact) mass is 563 g/mol. The number of amides is 2. The topological polar surface area (TPSA) is 129 Å². The number of fused-ring (bicyclic) bond motifs is 1. The number of hydrogen-bond acceptors (Lipinski definition) is 4. The molecule has 0 unspecified atom stereocenters. The number of aromatic nitrogens is 3. The summed E-state index contributed by atoms with van der Waals surface area (Å²) in [5.74, 6) is -2.14. The van der Waals surface area contributed by atoms with Gasteiger partial charge in [0.05, 0.1) is 6.20 Å². The van der Waals surface area contributed by atoms with Crippen molar-refractivity contribution in [3.63, 3.8) is 0 Å². The van der Waals surface area contributed by atoms with Crippen molar-refractivity contribution in [2.45, 2.75) is 38.8 Å². The minimum Gasteiger partial charge on any atom is -0.480 e. The van der Waals surface area contributed by atoms with E-state index in [4.69, 9.17) is 0 Å². The Kier molecular flexibility index (Phi) is 8.19. The highest BCUT2D eigenvalue weighted by molar-refractivity contribution is 5.98. The number of carbonyl (C=O) groups excluding carboxylic acids is 2. The Morgan fingerprint density at radius 2 is 1.62 bits per heavy atom. The van der Waals surface area contributed by atoms with Crippen LogP contribution in [-0.4, -0.2) is 49.7 Å². The van der Waals surface area contributed by atoms with Gasteiger partial charge in [-0.15, -0.1) is 0 Å². The van der Waals surface area contributed by atoms with Crippen LogP contribution < -0.4 is 10.6 Å². The van der Waals surface area contributed by atoms with Crippen molar-refractivity contribution in [1.82, 2.24) is 25.4 Å². The highest BCUT2D eigenvalue weighted by Gasteiger charge is 2.28. The first-order valence-corrected chi connectivity index (χ1v) is 13.7. The number of benzene rings is 3. The number of aromatic amines is 1. The Balaban J connectivity index is 1.38. The van der Waals surface area contributed by atoms with Crippen LogP contribution in [0.1, 0.15) is 32.6 Å². The van der Waals surface area contributed by atoms with Gasteiger partial charge in [-0.05, 0) is 48.7 Å². The maximum absolute atomic E-state index is 13.6. The normalized spacial score (nSPS) is 12.5. The first-order valence-electron chi connectivity index (χ1n) is 13.7. The second kappa shape index (κ2) is 12.1. The number of aliphatic carboxylic acids is 1. The molecule has 42 heavy (non-hydrogen) atoms. The van der Waals surface area contributed by atoms with Gasteiger partial charge in [0.25, 0.3) is 5.91 Å². The van der Waals surface area contributed by atoms with Crippen LogP contribution in [0, 0.1) is 13.8 Å². The SMILES string of the molecule is Cc1cc(C)cc(C(=O)N[C@H](Cc2ccc(-c3cnn(C)c3)cc2)C(=O)N[C@@H](Cc2c[nH]c3ccccc23)C(=O)O)c1. The zero-order valence-corrected chi connectivity index (χ0v) is 23.7. The lowest BCUT2D eigenvalue weighted by Gasteiger charge is -2.22. The summed E-state index contributed by atoms with van der Waals surface area (Å²) in [6.07, 6.45) is 5.71. The summed E-state index contributed by atoms with van der Waals surface area (Å²) in [6, 6.07) is 18.5. The van der Waals surface area contributed by atoms with E-state index >= 15 is 0 Å². The summed E-state index contributed by atoms with van der Waals surface area (Å²) >= 11 is 0. The van der Waals surface area contributed by atoms with Crippen molar-refractivity contribution >= 4 is 28.7 Å². The number of rotatable bonds is 10. The summed E-state index contributed by atoms with van der Waals surface area (Å²) in [5.41, 5.74) is 6.70. The molecule has 0 radical (unpaired) electrons. The van der Waals surface area contributed by atoms with E-state index in [1.807, 2.05) is 81.7 Å². The molecule has 3 aromatic carbocycles. The third-order valence-electron chi connectivity index (χ3n) is 7.25. The molecule has 0 fully saturated rings. The first kappa shape index (κ1) is 28.4. The molecule has 0 aliphatic heterocycles. The second-order valence-corrected chi connectivity index (χ2v) is 10.7. The van der Waals surface area contributed by atoms with Crippen LogP contribution in [-0.2, 0) is 29.5 Å². The van der Waals surface area contributed by atoms with Gasteiger partial charge in [0.1, 0.15) is 12.1 Å². The Hall–Kier alpha value is -5.18. The number of nitrogens with one attached hydrogen (secondary N) is 3. The van der Waals surface area contributed by atoms with Crippen LogP contribution in [0.15, 0.2) is 85.3 Å². The molecular formula is C33H33N5O4. The van der Waals surface area contributed by atoms with E-state index in [0.29, 0.717) is 5.56 Å². The Morgan fingerprint density at radius 3 is 2.29 bits per heavy atom. The van der Waals surface area contributed by atoms with Crippen LogP contribution in [0.4, 0.5) is 0 Å². The highest BCUT2D eigenvalue weighted by Crippen LogP contribution is 2.21. The lowest BCUT2D eigenvalue weighted by atomic mass is 10.00. The predicted molar refractivity (Wildman–Crippen MR) is 161 cm³/mol. The molecule has 0 saturated heterocycles. The Bertz CT molecular complexity index is 1730. The highest BCUT2D eigenvalue weighted by atomic mass is 16.4. The molecule has 9 heteroatoms. The molecule has 0 aliphatic carbocycles. The molecule has 0 saturated carbocycles. The van der Waals surface area contributed by atoms with Gasteiger partial charge < -0.3 is 20.7 Å². The summed E-state index contributed by atoms with van der Waals surface area (Å²) in [4.78, 5) is 42.3. The van der Waals surface area contributed by atoms with Crippen LogP contribution in [0.3, 0.4) is 0 Å². The maximum Gasteiger partial charge on any atom is 0.326 e. The summed E-state index contributed by atoms with van der Waals surface area (Å²) in [7, 11) is 1.85. The molecule has 2 aromatic heterocycles. The average molecular weight is 564 g/mol. The molecule has 5 rings (SSSR count). The van der Waals surface area contributed by atoms with Crippen molar-refractivity contribution < 1.29 is 19.5 Å². The molecule has 2 amide bonds. The van der Waals surface area contributed by atoms with Gasteiger partial charge in [-0.1, -0.05) is 59.7 Å². The van der Waals surface area contributed by atoms with E-state index in [1.54, 1.807) is 29.2 Å². The molecule has 0 aliphatic rings. The van der Waals surface area contributed by atoms with E-state index in [-0.39, 0.29) is 12.8 Å². The number of aryl methyl sites for hydroxylation is 3. The molecule has 9 nitrogen and oxygen atoms in total. The summed E-state index contributed by atoms with van der Waals surface area (Å²) in [6.45, 7) is 3.81. The number of carboxylic acid groups (broad SMARTS) is 1. The van der Waals surface area contributed by atoms with Gasteiger partial charge in [0.15, 0.2) is 0 Å². The number of carbonyl (C=O) groups is 3. The van der Waals surface area contributed by atoms with Crippen LogP contribution in [0.5, 0.6) is 0 Å². The van der Waals surface area contributed by atoms with Gasteiger partial charge in [0, 0.05) is 54.3 Å². The zero-order chi connectivity index (χ0) is 29.8. The van der Waals surface area contributed by atoms with Crippen molar-refractivity contribution in [2.24, 2.45) is 7.05 Å². The Labute approximate surface area is 243 Å². The molecule has 2 atom stereocenters. The Morgan fingerprint density at radius 1 is 0.905 bits per heavy atom. The predicted octanol–water partition coefficient (Wildman–Crippen LogP) is 4.34. The van der Waals surface area contributed by atoms with E-state index in [2.05, 4.69) is 20.7 Å². The third kappa shape index (κ3) is 6.58. The van der Waals surface area contributed by atoms with E-state index in [0.717, 1.165) is 44.3 Å². The minimum atomic E-state index is -1.19. The zero-order valence-electron chi connectivity index (χ0n) is 23.7. The van der Waals surface area contributed by atoms with E-state index in [1.165, 1.54) is 0 Å². The quantitative estimate of drug-likeness (QED) is 0.201. The molecule has 2 heterocycles. The maximum atomic E-state index is 13.6. The molecular weight excluding hydrogens is 530 g/mol. The lowest BCUT2D eigenvalue weighted by molar-refractivity contribution is -0.142. The fourth-order valence-corrected chi connectivity index (χ4v) is 5.19. The van der Waals surface area contributed by atoms with Crippen LogP contribution in [0.25, 0.3) is 22.0 Å². The van der Waals surface area contributed by atoms with Gasteiger partial charge >= 0.3 is 5.97 Å².